The van der Waals surface area contributed by atoms with E-state index >= 15 is 0 Å². The molecule has 0 aromatic heterocycles. The highest BCUT2D eigenvalue weighted by molar-refractivity contribution is 5.94. The van der Waals surface area contributed by atoms with Crippen molar-refractivity contribution < 1.29 is 14.3 Å². The number of carbonyl (C=O) groups excluding carboxylic acids is 1. The molecular weight excluding hydrogens is 230 g/mol. The van der Waals surface area contributed by atoms with Crippen molar-refractivity contribution in [2.45, 2.75) is 13.0 Å². The average Bonchev–Trinajstić information content (AvgIpc) is 2.39. The summed E-state index contributed by atoms with van der Waals surface area (Å²) in [4.78, 5) is 14.3. The number of amides is 1. The van der Waals surface area contributed by atoms with Gasteiger partial charge in [0, 0.05) is 19.2 Å². The molecule has 1 heterocycles. The van der Waals surface area contributed by atoms with Gasteiger partial charge in [0.1, 0.15) is 0 Å². The molecule has 1 fully saturated rings. The molecule has 4 nitrogen and oxygen atoms in total. The van der Waals surface area contributed by atoms with E-state index < -0.39 is 0 Å². The second-order valence-electron chi connectivity index (χ2n) is 4.55. The first kappa shape index (κ1) is 13.1. The second-order valence-corrected chi connectivity index (χ2v) is 4.55. The Morgan fingerprint density at radius 2 is 2.39 bits per heavy atom. The lowest BCUT2D eigenvalue weighted by Gasteiger charge is -2.35. The topological polar surface area (TPSA) is 38.8 Å². The standard InChI is InChI=1S/C14H19NO3/c1-11-4-3-5-12(8-11)14(16)15-6-7-18-10-13(15)9-17-2/h3-5,8,13H,6-7,9-10H2,1-2H3. The molecule has 18 heavy (non-hydrogen) atoms. The third-order valence-corrected chi connectivity index (χ3v) is 3.11. The van der Waals surface area contributed by atoms with Crippen molar-refractivity contribution in [1.82, 2.24) is 4.90 Å². The van der Waals surface area contributed by atoms with Gasteiger partial charge in [-0.05, 0) is 19.1 Å². The minimum atomic E-state index is 0.0109. The number of methoxy groups -OCH3 is 1. The summed E-state index contributed by atoms with van der Waals surface area (Å²) in [6.45, 7) is 4.27. The van der Waals surface area contributed by atoms with E-state index in [0.717, 1.165) is 11.1 Å². The Morgan fingerprint density at radius 3 is 3.11 bits per heavy atom. The first-order valence-electron chi connectivity index (χ1n) is 6.16. The molecule has 1 aromatic carbocycles. The zero-order valence-electron chi connectivity index (χ0n) is 10.9. The molecule has 1 aliphatic heterocycles. The van der Waals surface area contributed by atoms with E-state index in [1.54, 1.807) is 7.11 Å². The molecule has 1 amide bonds. The zero-order valence-corrected chi connectivity index (χ0v) is 10.9. The van der Waals surface area contributed by atoms with Gasteiger partial charge < -0.3 is 14.4 Å². The van der Waals surface area contributed by atoms with Crippen molar-refractivity contribution in [3.05, 3.63) is 35.4 Å². The van der Waals surface area contributed by atoms with Gasteiger partial charge in [-0.1, -0.05) is 17.7 Å². The lowest BCUT2D eigenvalue weighted by molar-refractivity contribution is -0.0251. The fourth-order valence-corrected chi connectivity index (χ4v) is 2.20. The zero-order chi connectivity index (χ0) is 13.0. The molecule has 4 heteroatoms. The first-order chi connectivity index (χ1) is 8.72. The van der Waals surface area contributed by atoms with Crippen molar-refractivity contribution >= 4 is 5.91 Å². The van der Waals surface area contributed by atoms with Gasteiger partial charge in [0.2, 0.25) is 0 Å². The average molecular weight is 249 g/mol. The van der Waals surface area contributed by atoms with Crippen LogP contribution in [0.15, 0.2) is 24.3 Å². The lowest BCUT2D eigenvalue weighted by atomic mass is 10.1. The van der Waals surface area contributed by atoms with Gasteiger partial charge >= 0.3 is 0 Å². The van der Waals surface area contributed by atoms with Crippen LogP contribution >= 0.6 is 0 Å². The monoisotopic (exact) mass is 249 g/mol. The van der Waals surface area contributed by atoms with Crippen molar-refractivity contribution in [1.29, 1.82) is 0 Å². The number of rotatable bonds is 3. The number of carbonyl (C=O) groups is 1. The normalized spacial score (nSPS) is 19.9. The molecule has 1 aliphatic rings. The highest BCUT2D eigenvalue weighted by atomic mass is 16.5. The summed E-state index contributed by atoms with van der Waals surface area (Å²) in [5.41, 5.74) is 1.83. The van der Waals surface area contributed by atoms with E-state index in [9.17, 15) is 4.79 Å². The number of aryl methyl sites for hydroxylation is 1. The van der Waals surface area contributed by atoms with E-state index in [2.05, 4.69) is 0 Å². The third-order valence-electron chi connectivity index (χ3n) is 3.11. The van der Waals surface area contributed by atoms with E-state index in [1.807, 2.05) is 36.1 Å². The SMILES string of the molecule is COCC1COCCN1C(=O)c1cccc(C)c1. The maximum Gasteiger partial charge on any atom is 0.254 e. The van der Waals surface area contributed by atoms with E-state index in [0.29, 0.717) is 26.4 Å². The van der Waals surface area contributed by atoms with Crippen LogP contribution in [0.3, 0.4) is 0 Å². The van der Waals surface area contributed by atoms with Crippen LogP contribution < -0.4 is 0 Å². The Bertz CT molecular complexity index is 417. The second kappa shape index (κ2) is 5.98. The summed E-state index contributed by atoms with van der Waals surface area (Å²) in [7, 11) is 1.64. The van der Waals surface area contributed by atoms with Gasteiger partial charge in [-0.2, -0.15) is 0 Å². The van der Waals surface area contributed by atoms with Crippen molar-refractivity contribution in [3.8, 4) is 0 Å². The van der Waals surface area contributed by atoms with Crippen LogP contribution in [-0.4, -0.2) is 50.3 Å². The molecular formula is C14H19NO3. The number of hydrogen-bond acceptors (Lipinski definition) is 3. The molecule has 1 unspecified atom stereocenters. The van der Waals surface area contributed by atoms with Crippen LogP contribution in [-0.2, 0) is 9.47 Å². The molecule has 98 valence electrons. The predicted octanol–water partition coefficient (Wildman–Crippen LogP) is 1.48. The molecule has 0 saturated carbocycles. The summed E-state index contributed by atoms with van der Waals surface area (Å²) in [5, 5.41) is 0. The molecule has 0 radical (unpaired) electrons. The number of morpholine rings is 1. The minimum Gasteiger partial charge on any atom is -0.382 e. The van der Waals surface area contributed by atoms with E-state index in [1.165, 1.54) is 0 Å². The van der Waals surface area contributed by atoms with Crippen molar-refractivity contribution in [2.75, 3.05) is 33.5 Å². The fraction of sp³-hybridized carbons (Fsp3) is 0.500. The van der Waals surface area contributed by atoms with Gasteiger partial charge in [-0.15, -0.1) is 0 Å². The summed E-state index contributed by atoms with van der Waals surface area (Å²) >= 11 is 0. The predicted molar refractivity (Wildman–Crippen MR) is 68.7 cm³/mol. The molecule has 2 rings (SSSR count). The maximum atomic E-state index is 12.5. The summed E-state index contributed by atoms with van der Waals surface area (Å²) in [6.07, 6.45) is 0. The summed E-state index contributed by atoms with van der Waals surface area (Å²) in [6, 6.07) is 7.68. The quantitative estimate of drug-likeness (QED) is 0.814. The Kier molecular flexibility index (Phi) is 4.33. The largest absolute Gasteiger partial charge is 0.382 e. The lowest BCUT2D eigenvalue weighted by Crippen LogP contribution is -2.50. The van der Waals surface area contributed by atoms with Crippen molar-refractivity contribution in [3.63, 3.8) is 0 Å². The number of nitrogens with zero attached hydrogens (tertiary/aromatic N) is 1. The molecule has 0 aliphatic carbocycles. The number of ether oxygens (including phenoxy) is 2. The number of hydrogen-bond donors (Lipinski definition) is 0. The van der Waals surface area contributed by atoms with Crippen LogP contribution in [0.25, 0.3) is 0 Å². The molecule has 1 saturated heterocycles. The fourth-order valence-electron chi connectivity index (χ4n) is 2.20. The molecule has 0 N–H and O–H groups in total. The number of benzene rings is 1. The first-order valence-corrected chi connectivity index (χ1v) is 6.16. The molecule has 0 spiro atoms. The smallest absolute Gasteiger partial charge is 0.254 e. The maximum absolute atomic E-state index is 12.5. The highest BCUT2D eigenvalue weighted by Crippen LogP contribution is 2.14. The van der Waals surface area contributed by atoms with Crippen molar-refractivity contribution in [2.24, 2.45) is 0 Å². The Balaban J connectivity index is 2.15. The van der Waals surface area contributed by atoms with E-state index in [-0.39, 0.29) is 11.9 Å². The summed E-state index contributed by atoms with van der Waals surface area (Å²) < 4.78 is 10.5. The van der Waals surface area contributed by atoms with Crippen LogP contribution in [0, 0.1) is 6.92 Å². The van der Waals surface area contributed by atoms with Gasteiger partial charge in [0.25, 0.3) is 5.91 Å². The molecule has 1 aromatic rings. The minimum absolute atomic E-state index is 0.0109. The van der Waals surface area contributed by atoms with Gasteiger partial charge in [0.05, 0.1) is 25.9 Å². The van der Waals surface area contributed by atoms with Crippen LogP contribution in [0.1, 0.15) is 15.9 Å². The van der Waals surface area contributed by atoms with Gasteiger partial charge in [-0.3, -0.25) is 4.79 Å². The van der Waals surface area contributed by atoms with Crippen LogP contribution in [0.5, 0.6) is 0 Å². The third kappa shape index (κ3) is 2.89. The van der Waals surface area contributed by atoms with E-state index in [4.69, 9.17) is 9.47 Å². The molecule has 0 bridgehead atoms. The molecule has 1 atom stereocenters. The summed E-state index contributed by atoms with van der Waals surface area (Å²) in [5.74, 6) is 0.0593. The Morgan fingerprint density at radius 1 is 1.56 bits per heavy atom. The highest BCUT2D eigenvalue weighted by Gasteiger charge is 2.27. The Hall–Kier alpha value is -1.39. The van der Waals surface area contributed by atoms with Gasteiger partial charge in [-0.25, -0.2) is 0 Å². The Labute approximate surface area is 107 Å². The van der Waals surface area contributed by atoms with Gasteiger partial charge in [0.15, 0.2) is 0 Å². The van der Waals surface area contributed by atoms with Crippen LogP contribution in [0.4, 0.5) is 0 Å². The van der Waals surface area contributed by atoms with Crippen LogP contribution in [0.2, 0.25) is 0 Å².